The lowest BCUT2D eigenvalue weighted by Crippen LogP contribution is -2.41. The minimum atomic E-state index is -0.100. The van der Waals surface area contributed by atoms with E-state index in [1.54, 1.807) is 0 Å². The van der Waals surface area contributed by atoms with Gasteiger partial charge in [-0.15, -0.1) is 0 Å². The maximum Gasteiger partial charge on any atom is 0.0581 e. The number of aliphatic hydroxyl groups excluding tert-OH is 1. The third-order valence-electron chi connectivity index (χ3n) is 5.40. The summed E-state index contributed by atoms with van der Waals surface area (Å²) in [6.07, 6.45) is 5.63. The van der Waals surface area contributed by atoms with Crippen LogP contribution in [0.15, 0.2) is 24.3 Å². The summed E-state index contributed by atoms with van der Waals surface area (Å²) < 4.78 is 0. The molecule has 2 heteroatoms. The fourth-order valence-electron chi connectivity index (χ4n) is 4.16. The minimum absolute atomic E-state index is 0.100. The van der Waals surface area contributed by atoms with Crippen LogP contribution in [0.25, 0.3) is 0 Å². The highest BCUT2D eigenvalue weighted by Gasteiger charge is 2.34. The van der Waals surface area contributed by atoms with Gasteiger partial charge in [0.2, 0.25) is 0 Å². The van der Waals surface area contributed by atoms with E-state index in [0.29, 0.717) is 11.3 Å². The molecular weight excluding hydrogens is 258 g/mol. The topological polar surface area (TPSA) is 23.5 Å². The van der Waals surface area contributed by atoms with Crippen LogP contribution in [0, 0.1) is 11.3 Å². The molecule has 0 spiro atoms. The summed E-state index contributed by atoms with van der Waals surface area (Å²) >= 11 is 0. The minimum Gasteiger partial charge on any atom is -0.393 e. The maximum atomic E-state index is 10.4. The van der Waals surface area contributed by atoms with Crippen molar-refractivity contribution in [1.29, 1.82) is 0 Å². The van der Waals surface area contributed by atoms with Gasteiger partial charge in [0.1, 0.15) is 0 Å². The van der Waals surface area contributed by atoms with Gasteiger partial charge in [-0.3, -0.25) is 4.90 Å². The molecule has 1 aromatic carbocycles. The van der Waals surface area contributed by atoms with Crippen molar-refractivity contribution in [3.63, 3.8) is 0 Å². The number of aryl methyl sites for hydroxylation is 1. The number of benzene rings is 1. The SMILES string of the molecule is CC1(C)CCC(O)C(CN2CCCc3ccccc3C2)C1. The second-order valence-corrected chi connectivity index (χ2v) is 7.84. The standard InChI is InChI=1S/C19H29NO/c1-19(2)10-9-18(21)17(12-19)14-20-11-5-8-15-6-3-4-7-16(15)13-20/h3-4,6-7,17-18,21H,5,8-14H2,1-2H3. The Hall–Kier alpha value is -0.860. The molecule has 116 valence electrons. The zero-order valence-electron chi connectivity index (χ0n) is 13.5. The van der Waals surface area contributed by atoms with Gasteiger partial charge in [-0.2, -0.15) is 0 Å². The molecule has 0 saturated heterocycles. The molecule has 0 radical (unpaired) electrons. The van der Waals surface area contributed by atoms with Crippen molar-refractivity contribution in [2.24, 2.45) is 11.3 Å². The van der Waals surface area contributed by atoms with Gasteiger partial charge in [0, 0.05) is 13.1 Å². The van der Waals surface area contributed by atoms with E-state index in [1.165, 1.54) is 30.5 Å². The van der Waals surface area contributed by atoms with Gasteiger partial charge in [-0.25, -0.2) is 0 Å². The van der Waals surface area contributed by atoms with E-state index in [9.17, 15) is 5.11 Å². The molecule has 0 aromatic heterocycles. The Labute approximate surface area is 129 Å². The van der Waals surface area contributed by atoms with Crippen LogP contribution >= 0.6 is 0 Å². The van der Waals surface area contributed by atoms with Gasteiger partial charge in [-0.05, 0) is 61.1 Å². The van der Waals surface area contributed by atoms with Crippen molar-refractivity contribution >= 4 is 0 Å². The highest BCUT2D eigenvalue weighted by Crippen LogP contribution is 2.39. The molecule has 3 rings (SSSR count). The molecule has 1 saturated carbocycles. The first-order valence-electron chi connectivity index (χ1n) is 8.51. The molecule has 1 aromatic rings. The molecule has 1 fully saturated rings. The van der Waals surface area contributed by atoms with Crippen LogP contribution in [0.1, 0.15) is 50.7 Å². The van der Waals surface area contributed by atoms with Crippen molar-refractivity contribution in [2.75, 3.05) is 13.1 Å². The lowest BCUT2D eigenvalue weighted by atomic mass is 9.70. The Bertz CT molecular complexity index is 482. The summed E-state index contributed by atoms with van der Waals surface area (Å²) in [7, 11) is 0. The summed E-state index contributed by atoms with van der Waals surface area (Å²) in [5, 5.41) is 10.4. The summed E-state index contributed by atoms with van der Waals surface area (Å²) in [6, 6.07) is 8.86. The van der Waals surface area contributed by atoms with Crippen LogP contribution in [-0.4, -0.2) is 29.2 Å². The van der Waals surface area contributed by atoms with Crippen LogP contribution in [0.5, 0.6) is 0 Å². The lowest BCUT2D eigenvalue weighted by molar-refractivity contribution is 0.00316. The molecular formula is C19H29NO. The molecule has 2 nitrogen and oxygen atoms in total. The van der Waals surface area contributed by atoms with Crippen molar-refractivity contribution in [2.45, 2.75) is 58.6 Å². The Kier molecular flexibility index (Phi) is 4.37. The number of hydrogen-bond acceptors (Lipinski definition) is 2. The van der Waals surface area contributed by atoms with Crippen LogP contribution in [0.3, 0.4) is 0 Å². The summed E-state index contributed by atoms with van der Waals surface area (Å²) in [5.41, 5.74) is 3.40. The third kappa shape index (κ3) is 3.67. The van der Waals surface area contributed by atoms with Crippen molar-refractivity contribution in [1.82, 2.24) is 4.90 Å². The fourth-order valence-corrected chi connectivity index (χ4v) is 4.16. The first-order valence-corrected chi connectivity index (χ1v) is 8.51. The maximum absolute atomic E-state index is 10.4. The van der Waals surface area contributed by atoms with Gasteiger partial charge in [0.25, 0.3) is 0 Å². The molecule has 1 aliphatic heterocycles. The van der Waals surface area contributed by atoms with E-state index in [0.717, 1.165) is 32.4 Å². The molecule has 2 unspecified atom stereocenters. The Morgan fingerprint density at radius 3 is 2.81 bits per heavy atom. The quantitative estimate of drug-likeness (QED) is 0.898. The van der Waals surface area contributed by atoms with Crippen molar-refractivity contribution < 1.29 is 5.11 Å². The molecule has 1 aliphatic carbocycles. The summed E-state index contributed by atoms with van der Waals surface area (Å²) in [6.45, 7) is 7.98. The number of nitrogens with zero attached hydrogens (tertiary/aromatic N) is 1. The van der Waals surface area contributed by atoms with Crippen LogP contribution in [0.2, 0.25) is 0 Å². The summed E-state index contributed by atoms with van der Waals surface area (Å²) in [5.74, 6) is 0.444. The smallest absolute Gasteiger partial charge is 0.0581 e. The zero-order valence-corrected chi connectivity index (χ0v) is 13.5. The predicted octanol–water partition coefficient (Wildman–Crippen LogP) is 3.62. The van der Waals surface area contributed by atoms with E-state index in [4.69, 9.17) is 0 Å². The largest absolute Gasteiger partial charge is 0.393 e. The number of fused-ring (bicyclic) bond motifs is 1. The van der Waals surface area contributed by atoms with E-state index >= 15 is 0 Å². The molecule has 2 atom stereocenters. The van der Waals surface area contributed by atoms with Crippen LogP contribution < -0.4 is 0 Å². The van der Waals surface area contributed by atoms with Gasteiger partial charge < -0.3 is 5.11 Å². The third-order valence-corrected chi connectivity index (χ3v) is 5.40. The van der Waals surface area contributed by atoms with E-state index in [1.807, 2.05) is 0 Å². The van der Waals surface area contributed by atoms with Gasteiger partial charge in [-0.1, -0.05) is 38.1 Å². The first kappa shape index (κ1) is 15.1. The van der Waals surface area contributed by atoms with Crippen molar-refractivity contribution in [3.05, 3.63) is 35.4 Å². The monoisotopic (exact) mass is 287 g/mol. The molecule has 2 aliphatic rings. The van der Waals surface area contributed by atoms with Gasteiger partial charge in [0.05, 0.1) is 6.10 Å². The molecule has 1 N–H and O–H groups in total. The first-order chi connectivity index (χ1) is 10.0. The number of hydrogen-bond donors (Lipinski definition) is 1. The van der Waals surface area contributed by atoms with Gasteiger partial charge >= 0.3 is 0 Å². The predicted molar refractivity (Wildman–Crippen MR) is 87.2 cm³/mol. The van der Waals surface area contributed by atoms with E-state index < -0.39 is 0 Å². The summed E-state index contributed by atoms with van der Waals surface area (Å²) in [4.78, 5) is 2.57. The average molecular weight is 287 g/mol. The number of aliphatic hydroxyl groups is 1. The fraction of sp³-hybridized carbons (Fsp3) is 0.684. The Morgan fingerprint density at radius 1 is 1.24 bits per heavy atom. The van der Waals surface area contributed by atoms with Gasteiger partial charge in [0.15, 0.2) is 0 Å². The molecule has 21 heavy (non-hydrogen) atoms. The van der Waals surface area contributed by atoms with Crippen molar-refractivity contribution in [3.8, 4) is 0 Å². The lowest BCUT2D eigenvalue weighted by Gasteiger charge is -2.40. The highest BCUT2D eigenvalue weighted by molar-refractivity contribution is 5.28. The average Bonchev–Trinajstić information content (AvgIpc) is 2.64. The van der Waals surface area contributed by atoms with Crippen LogP contribution in [0.4, 0.5) is 0 Å². The Balaban J connectivity index is 1.67. The highest BCUT2D eigenvalue weighted by atomic mass is 16.3. The molecule has 1 heterocycles. The molecule has 0 amide bonds. The van der Waals surface area contributed by atoms with E-state index in [-0.39, 0.29) is 6.10 Å². The Morgan fingerprint density at radius 2 is 2.00 bits per heavy atom. The number of rotatable bonds is 2. The zero-order chi connectivity index (χ0) is 14.9. The normalized spacial score (nSPS) is 29.7. The second kappa shape index (κ2) is 6.10. The van der Waals surface area contributed by atoms with E-state index in [2.05, 4.69) is 43.0 Å². The second-order valence-electron chi connectivity index (χ2n) is 7.84. The van der Waals surface area contributed by atoms with Crippen LogP contribution in [-0.2, 0) is 13.0 Å². The molecule has 0 bridgehead atoms.